The number of hydrogen-bond acceptors (Lipinski definition) is 5. The largest absolute Gasteiger partial charge is 0.756 e. The van der Waals surface area contributed by atoms with Crippen molar-refractivity contribution in [1.29, 1.82) is 0 Å². The first-order valence-electron chi connectivity index (χ1n) is 7.75. The topological polar surface area (TPSA) is 67.8 Å². The molecule has 0 spiro atoms. The van der Waals surface area contributed by atoms with Crippen LogP contribution in [0.15, 0.2) is 0 Å². The van der Waals surface area contributed by atoms with Crippen LogP contribution in [0.25, 0.3) is 0 Å². The summed E-state index contributed by atoms with van der Waals surface area (Å²) < 4.78 is 27.1. The Morgan fingerprint density at radius 1 is 0.905 bits per heavy atom. The molecule has 0 aliphatic carbocycles. The number of unbranched alkanes of at least 4 members (excludes halogenated alkanes) is 3. The van der Waals surface area contributed by atoms with Gasteiger partial charge in [-0.2, -0.15) is 0 Å². The zero-order valence-electron chi connectivity index (χ0n) is 14.0. The highest BCUT2D eigenvalue weighted by atomic mass is 31.2. The SMILES string of the molecule is CCCCCCOCCCOP(=O)([O-])OCC[N+](C)(C)C. The normalized spacial score (nSPS) is 15.1. The van der Waals surface area contributed by atoms with E-state index in [1.165, 1.54) is 19.3 Å². The lowest BCUT2D eigenvalue weighted by molar-refractivity contribution is -0.870. The minimum Gasteiger partial charge on any atom is -0.756 e. The van der Waals surface area contributed by atoms with Crippen molar-refractivity contribution in [3.8, 4) is 0 Å². The Labute approximate surface area is 129 Å². The summed E-state index contributed by atoms with van der Waals surface area (Å²) in [4.78, 5) is 11.5. The van der Waals surface area contributed by atoms with E-state index in [0.29, 0.717) is 24.1 Å². The number of phosphoric acid groups is 1. The molecule has 0 aliphatic rings. The summed E-state index contributed by atoms with van der Waals surface area (Å²) in [5.41, 5.74) is 0. The molecule has 0 rings (SSSR count). The van der Waals surface area contributed by atoms with Crippen molar-refractivity contribution in [1.82, 2.24) is 0 Å². The average molecular weight is 325 g/mol. The highest BCUT2D eigenvalue weighted by molar-refractivity contribution is 7.45. The van der Waals surface area contributed by atoms with Crippen molar-refractivity contribution >= 4 is 7.82 Å². The molecule has 128 valence electrons. The van der Waals surface area contributed by atoms with E-state index in [2.05, 4.69) is 6.92 Å². The van der Waals surface area contributed by atoms with Crippen molar-refractivity contribution in [2.45, 2.75) is 39.0 Å². The summed E-state index contributed by atoms with van der Waals surface area (Å²) in [7, 11) is 1.75. The van der Waals surface area contributed by atoms with Crippen LogP contribution in [0.1, 0.15) is 39.0 Å². The second-order valence-electron chi connectivity index (χ2n) is 6.15. The first-order chi connectivity index (χ1) is 9.77. The first-order valence-corrected chi connectivity index (χ1v) is 9.21. The maximum atomic E-state index is 11.5. The van der Waals surface area contributed by atoms with E-state index in [0.717, 1.165) is 13.0 Å². The molecule has 0 aliphatic heterocycles. The van der Waals surface area contributed by atoms with E-state index in [1.807, 2.05) is 21.1 Å². The fraction of sp³-hybridized carbons (Fsp3) is 1.00. The van der Waals surface area contributed by atoms with Gasteiger partial charge in [-0.1, -0.05) is 26.2 Å². The zero-order valence-corrected chi connectivity index (χ0v) is 14.9. The number of hydrogen-bond donors (Lipinski definition) is 0. The van der Waals surface area contributed by atoms with E-state index in [-0.39, 0.29) is 13.2 Å². The molecule has 0 amide bonds. The summed E-state index contributed by atoms with van der Waals surface area (Å²) in [6.07, 6.45) is 5.24. The van der Waals surface area contributed by atoms with Gasteiger partial charge in [0.25, 0.3) is 7.82 Å². The summed E-state index contributed by atoms with van der Waals surface area (Å²) in [5, 5.41) is 0. The van der Waals surface area contributed by atoms with Crippen LogP contribution >= 0.6 is 7.82 Å². The van der Waals surface area contributed by atoms with Gasteiger partial charge in [0.05, 0.1) is 27.7 Å². The lowest BCUT2D eigenvalue weighted by Gasteiger charge is -2.27. The van der Waals surface area contributed by atoms with Gasteiger partial charge in [-0.25, -0.2) is 0 Å². The molecular weight excluding hydrogens is 293 g/mol. The maximum absolute atomic E-state index is 11.5. The minimum atomic E-state index is -4.16. The van der Waals surface area contributed by atoms with Gasteiger partial charge >= 0.3 is 0 Å². The van der Waals surface area contributed by atoms with E-state index in [4.69, 9.17) is 13.8 Å². The molecular formula is C14H32NO5P. The Hall–Kier alpha value is 0.0300. The predicted octanol–water partition coefficient (Wildman–Crippen LogP) is 2.18. The molecule has 1 unspecified atom stereocenters. The summed E-state index contributed by atoms with van der Waals surface area (Å²) >= 11 is 0. The molecule has 0 aromatic heterocycles. The van der Waals surface area contributed by atoms with Gasteiger partial charge in [0, 0.05) is 13.2 Å². The van der Waals surface area contributed by atoms with Crippen molar-refractivity contribution < 1.29 is 27.7 Å². The Bertz CT molecular complexity index is 294. The Morgan fingerprint density at radius 3 is 2.14 bits per heavy atom. The number of ether oxygens (including phenoxy) is 1. The average Bonchev–Trinajstić information content (AvgIpc) is 2.35. The third-order valence-electron chi connectivity index (χ3n) is 2.84. The summed E-state index contributed by atoms with van der Waals surface area (Å²) in [5.74, 6) is 0. The molecule has 0 N–H and O–H groups in total. The van der Waals surface area contributed by atoms with Crippen LogP contribution in [0.4, 0.5) is 0 Å². The summed E-state index contributed by atoms with van der Waals surface area (Å²) in [6, 6.07) is 0. The van der Waals surface area contributed by atoms with Crippen LogP contribution in [-0.4, -0.2) is 58.6 Å². The second-order valence-corrected chi connectivity index (χ2v) is 7.57. The first kappa shape index (κ1) is 21.0. The van der Waals surface area contributed by atoms with Crippen LogP contribution in [0.5, 0.6) is 0 Å². The fourth-order valence-corrected chi connectivity index (χ4v) is 2.27. The molecule has 0 aromatic carbocycles. The minimum absolute atomic E-state index is 0.111. The van der Waals surface area contributed by atoms with Gasteiger partial charge in [0.15, 0.2) is 0 Å². The molecule has 0 fully saturated rings. The highest BCUT2D eigenvalue weighted by Gasteiger charge is 2.12. The Balaban J connectivity index is 3.47. The highest BCUT2D eigenvalue weighted by Crippen LogP contribution is 2.38. The van der Waals surface area contributed by atoms with Gasteiger partial charge in [-0.15, -0.1) is 0 Å². The van der Waals surface area contributed by atoms with Crippen LogP contribution in [0, 0.1) is 0 Å². The molecule has 1 atom stereocenters. The fourth-order valence-electron chi connectivity index (χ4n) is 1.53. The number of phosphoric ester groups is 1. The van der Waals surface area contributed by atoms with Gasteiger partial charge in [-0.3, -0.25) is 4.57 Å². The molecule has 0 heterocycles. The second kappa shape index (κ2) is 11.6. The van der Waals surface area contributed by atoms with E-state index >= 15 is 0 Å². The summed E-state index contributed by atoms with van der Waals surface area (Å²) in [6.45, 7) is 4.27. The number of quaternary nitrogens is 1. The molecule has 0 radical (unpaired) electrons. The molecule has 0 saturated heterocycles. The van der Waals surface area contributed by atoms with Crippen LogP contribution in [0.3, 0.4) is 0 Å². The Morgan fingerprint density at radius 2 is 1.52 bits per heavy atom. The van der Waals surface area contributed by atoms with E-state index in [1.54, 1.807) is 0 Å². The van der Waals surface area contributed by atoms with Gasteiger partial charge in [0.1, 0.15) is 13.2 Å². The van der Waals surface area contributed by atoms with E-state index < -0.39 is 7.82 Å². The number of rotatable bonds is 14. The van der Waals surface area contributed by atoms with E-state index in [9.17, 15) is 9.46 Å². The molecule has 0 bridgehead atoms. The third-order valence-corrected chi connectivity index (χ3v) is 3.83. The standard InChI is InChI=1S/C14H32NO5P/c1-5-6-7-8-11-18-12-9-13-19-21(16,17)20-14-10-15(2,3)4/h5-14H2,1-4H3. The predicted molar refractivity (Wildman–Crippen MR) is 82.0 cm³/mol. The quantitative estimate of drug-likeness (QED) is 0.278. The molecule has 0 aromatic rings. The van der Waals surface area contributed by atoms with Crippen molar-refractivity contribution in [3.63, 3.8) is 0 Å². The van der Waals surface area contributed by atoms with Crippen LogP contribution in [-0.2, 0) is 18.3 Å². The molecule has 0 saturated carbocycles. The van der Waals surface area contributed by atoms with Crippen LogP contribution < -0.4 is 4.89 Å². The van der Waals surface area contributed by atoms with Crippen LogP contribution in [0.2, 0.25) is 0 Å². The lowest BCUT2D eigenvalue weighted by atomic mass is 10.2. The lowest BCUT2D eigenvalue weighted by Crippen LogP contribution is -2.37. The van der Waals surface area contributed by atoms with Gasteiger partial charge in [-0.05, 0) is 12.8 Å². The Kier molecular flexibility index (Phi) is 11.6. The van der Waals surface area contributed by atoms with Gasteiger partial charge < -0.3 is 23.2 Å². The van der Waals surface area contributed by atoms with Crippen molar-refractivity contribution in [2.24, 2.45) is 0 Å². The van der Waals surface area contributed by atoms with Gasteiger partial charge in [0.2, 0.25) is 0 Å². The maximum Gasteiger partial charge on any atom is 0.268 e. The number of nitrogens with zero attached hydrogens (tertiary/aromatic N) is 1. The molecule has 6 nitrogen and oxygen atoms in total. The molecule has 21 heavy (non-hydrogen) atoms. The molecule has 7 heteroatoms. The smallest absolute Gasteiger partial charge is 0.268 e. The monoisotopic (exact) mass is 325 g/mol. The van der Waals surface area contributed by atoms with Crippen molar-refractivity contribution in [2.75, 3.05) is 54.1 Å². The zero-order chi connectivity index (χ0) is 16.2. The van der Waals surface area contributed by atoms with Crippen molar-refractivity contribution in [3.05, 3.63) is 0 Å². The number of likely N-dealkylation sites (N-methyl/N-ethyl adjacent to an activating group) is 1. The third kappa shape index (κ3) is 16.2.